The van der Waals surface area contributed by atoms with E-state index in [1.165, 1.54) is 33.0 Å². The molecule has 5 aromatic rings. The second-order valence-electron chi connectivity index (χ2n) is 25.4. The van der Waals surface area contributed by atoms with Gasteiger partial charge >= 0.3 is 5.97 Å². The molecule has 100 heavy (non-hydrogen) atoms. The molecule has 6 amide bonds. The van der Waals surface area contributed by atoms with Crippen molar-refractivity contribution in [3.8, 4) is 63.2 Å². The van der Waals surface area contributed by atoms with Crippen molar-refractivity contribution in [3.05, 3.63) is 117 Å². The number of amides is 6. The molecule has 11 bridgehead atoms. The first kappa shape index (κ1) is 73.5. The average molecular weight is 1430 g/mol. The number of phenols is 3. The van der Waals surface area contributed by atoms with E-state index in [4.69, 9.17) is 57.4 Å². The number of likely N-dealkylation sites (N-methyl/N-ethyl adjacent to an activating group) is 1. The van der Waals surface area contributed by atoms with E-state index >= 15 is 14.4 Å². The van der Waals surface area contributed by atoms with Crippen molar-refractivity contribution in [2.45, 2.75) is 156 Å². The number of ether oxygens (including phenoxy) is 6. The number of hydrogen-bond donors (Lipinski definition) is 18. The molecule has 0 radical (unpaired) electrons. The molecule has 0 aromatic heterocycles. The SMILES string of the molecule is CN[C@H](CC(C)C)C(=O)N[C@H]1C(=O)N[C@@H](CC#N)C(=O)N[C@H]2C(=O)N[C@H]3C(=O)N[C@H](C(=O)N[C@H](C(=O)O)c4cc(O)cc(O)c4-c4cc3ccc4O)[C@H](O)c3ccc(c(Cl)c3)Oc3cc2cc(c3O[C@@H]2O[C@H](CO)[C@@H](O)[C@H](O)[C@H]2O[C@H]2C[C@](C)(N)[C@H](O)[C@H](C)O2)Oc2ccc(cc2Cl)[C@H]1O. The number of benzene rings is 5. The Morgan fingerprint density at radius 1 is 0.740 bits per heavy atom. The number of nitriles is 1. The summed E-state index contributed by atoms with van der Waals surface area (Å²) in [5, 5.41) is 141. The van der Waals surface area contributed by atoms with E-state index in [1.807, 2.05) is 13.8 Å². The minimum absolute atomic E-state index is 0.0790. The van der Waals surface area contributed by atoms with Crippen LogP contribution in [0, 0.1) is 17.2 Å². The fourth-order valence-electron chi connectivity index (χ4n) is 12.4. The van der Waals surface area contributed by atoms with Gasteiger partial charge in [0.25, 0.3) is 0 Å². The number of rotatable bonds is 12. The smallest absolute Gasteiger partial charge is 0.330 e. The fraction of sp³-hybridized carbons (Fsp3) is 0.424. The Kier molecular flexibility index (Phi) is 22.0. The number of carbonyl (C=O) groups excluding carboxylic acids is 6. The molecule has 0 spiro atoms. The average Bonchev–Trinajstić information content (AvgIpc) is 0.769. The van der Waals surface area contributed by atoms with Crippen LogP contribution < -0.4 is 57.2 Å². The molecule has 34 heteroatoms. The number of carbonyl (C=O) groups is 7. The Bertz CT molecular complexity index is 4070. The Labute approximate surface area is 579 Å². The molecule has 0 aliphatic carbocycles. The molecule has 7 heterocycles. The van der Waals surface area contributed by atoms with Crippen LogP contribution in [0.15, 0.2) is 78.9 Å². The van der Waals surface area contributed by atoms with E-state index in [1.54, 1.807) is 6.07 Å². The molecule has 18 atom stereocenters. The highest BCUT2D eigenvalue weighted by Gasteiger charge is 2.51. The fourth-order valence-corrected chi connectivity index (χ4v) is 12.8. The third-order valence-corrected chi connectivity index (χ3v) is 18.3. The van der Waals surface area contributed by atoms with Gasteiger partial charge in [-0.15, -0.1) is 0 Å². The predicted octanol–water partition coefficient (Wildman–Crippen LogP) is 1.14. The van der Waals surface area contributed by atoms with Crippen LogP contribution >= 0.6 is 23.2 Å². The highest BCUT2D eigenvalue weighted by Crippen LogP contribution is 2.50. The number of carboxylic acid groups (broad SMARTS) is 1. The topological polar surface area (TPSA) is 511 Å². The number of nitrogens with one attached hydrogen (secondary N) is 7. The molecule has 0 saturated carbocycles. The van der Waals surface area contributed by atoms with Crippen LogP contribution in [-0.2, 0) is 47.8 Å². The number of halogens is 2. The number of aliphatic hydroxyl groups excluding tert-OH is 6. The Morgan fingerprint density at radius 3 is 1.94 bits per heavy atom. The zero-order valence-corrected chi connectivity index (χ0v) is 55.3. The molecule has 2 fully saturated rings. The zero-order chi connectivity index (χ0) is 72.7. The maximum Gasteiger partial charge on any atom is 0.330 e. The lowest BCUT2D eigenvalue weighted by atomic mass is 9.86. The standard InChI is InChI=1S/C66H73Cl2N9O23/c1-24(2)14-36(71-5)59(88)76-49-51(82)27-7-10-39(33(67)16-27)96-41-18-29-19-42(55(41)100-65-56(54(85)53(84)43(23-78)98-65)99-44-22-66(4,70)57(86)25(3)95-44)97-40-11-8-28(17-34(40)68)52(83)50-63(92)75-48(64(93)94)32-20-30(79)21-38(81)45(32)31-15-26(6-9-37(31)80)46(60(89)77-50)74-61(90)47(29)73-58(87)35(12-13-69)72-62(49)91/h6-11,15-21,24-25,35-36,43-44,46-54,56-57,65,71,78-86H,12,14,22-23,70H2,1-5H3,(H,72,91)(H,73,87)(H,74,90)(H,75,92)(H,76,88)(H,77,89)(H,93,94)/t25-,35-,36+,43+,44-,46+,47+,48-,49+,50-,51+,52+,53+,54-,56+,57+,65-,66-/m0/s1. The summed E-state index contributed by atoms with van der Waals surface area (Å²) in [6.07, 6.45) is -18.2. The van der Waals surface area contributed by atoms with Crippen LogP contribution in [0.4, 0.5) is 0 Å². The lowest BCUT2D eigenvalue weighted by Crippen LogP contribution is -2.64. The molecule has 5 aromatic carbocycles. The van der Waals surface area contributed by atoms with Crippen LogP contribution in [0.25, 0.3) is 11.1 Å². The van der Waals surface area contributed by atoms with Crippen molar-refractivity contribution < 1.29 is 113 Å². The molecule has 7 aliphatic rings. The summed E-state index contributed by atoms with van der Waals surface area (Å²) in [4.78, 5) is 103. The van der Waals surface area contributed by atoms with E-state index in [2.05, 4.69) is 37.2 Å². The number of aliphatic carboxylic acids is 1. The first-order valence-electron chi connectivity index (χ1n) is 31.4. The van der Waals surface area contributed by atoms with E-state index < -0.39 is 225 Å². The number of fused-ring (bicyclic) bond motifs is 15. The number of hydrogen-bond acceptors (Lipinski definition) is 25. The quantitative estimate of drug-likeness (QED) is 0.0833. The lowest BCUT2D eigenvalue weighted by Gasteiger charge is -2.47. The molecule has 0 unspecified atom stereocenters. The number of phenolic OH excluding ortho intramolecular Hbond substituents is 3. The number of aromatic hydroxyl groups is 3. The van der Waals surface area contributed by atoms with Gasteiger partial charge in [0.15, 0.2) is 29.9 Å². The molecule has 7 aliphatic heterocycles. The van der Waals surface area contributed by atoms with Crippen molar-refractivity contribution in [3.63, 3.8) is 0 Å². The third-order valence-electron chi connectivity index (χ3n) is 17.7. The zero-order valence-electron chi connectivity index (χ0n) is 53.8. The summed E-state index contributed by atoms with van der Waals surface area (Å²) >= 11 is 14.1. The van der Waals surface area contributed by atoms with Crippen molar-refractivity contribution in [2.75, 3.05) is 13.7 Å². The second kappa shape index (κ2) is 29.9. The number of nitrogens with zero attached hydrogens (tertiary/aromatic N) is 1. The maximum absolute atomic E-state index is 16.0. The maximum atomic E-state index is 16.0. The van der Waals surface area contributed by atoms with Crippen LogP contribution in [0.5, 0.6) is 46.0 Å². The van der Waals surface area contributed by atoms with Crippen LogP contribution in [-0.4, -0.2) is 185 Å². The molecule has 12 rings (SSSR count). The van der Waals surface area contributed by atoms with E-state index in [0.717, 1.165) is 66.7 Å². The summed E-state index contributed by atoms with van der Waals surface area (Å²) in [7, 11) is 1.49. The summed E-state index contributed by atoms with van der Waals surface area (Å²) < 4.78 is 38.3. The Hall–Kier alpha value is -9.18. The predicted molar refractivity (Wildman–Crippen MR) is 346 cm³/mol. The summed E-state index contributed by atoms with van der Waals surface area (Å²) in [6, 6.07) is 1.62. The molecule has 2 saturated heterocycles. The van der Waals surface area contributed by atoms with Crippen LogP contribution in [0.1, 0.15) is 105 Å². The van der Waals surface area contributed by atoms with Crippen molar-refractivity contribution in [2.24, 2.45) is 11.7 Å². The van der Waals surface area contributed by atoms with E-state index in [-0.39, 0.29) is 52.0 Å². The Morgan fingerprint density at radius 2 is 1.35 bits per heavy atom. The van der Waals surface area contributed by atoms with Gasteiger partial charge in [0, 0.05) is 34.7 Å². The van der Waals surface area contributed by atoms with Crippen LogP contribution in [0.2, 0.25) is 10.0 Å². The lowest BCUT2D eigenvalue weighted by molar-refractivity contribution is -0.333. The van der Waals surface area contributed by atoms with Gasteiger partial charge in [-0.3, -0.25) is 28.8 Å². The molecule has 19 N–H and O–H groups in total. The number of aliphatic hydroxyl groups is 6. The molecule has 534 valence electrons. The summed E-state index contributed by atoms with van der Waals surface area (Å²) in [5.41, 5.74) is 2.41. The first-order valence-corrected chi connectivity index (χ1v) is 32.1. The van der Waals surface area contributed by atoms with Gasteiger partial charge in [-0.25, -0.2) is 4.79 Å². The van der Waals surface area contributed by atoms with Crippen LogP contribution in [0.3, 0.4) is 0 Å². The van der Waals surface area contributed by atoms with Gasteiger partial charge in [-0.05, 0) is 110 Å². The van der Waals surface area contributed by atoms with Gasteiger partial charge in [-0.1, -0.05) is 55.2 Å². The number of carboxylic acids is 1. The van der Waals surface area contributed by atoms with Gasteiger partial charge in [0.05, 0.1) is 47.4 Å². The van der Waals surface area contributed by atoms with E-state index in [0.29, 0.717) is 0 Å². The second-order valence-corrected chi connectivity index (χ2v) is 26.2. The summed E-state index contributed by atoms with van der Waals surface area (Å²) in [6.45, 7) is 5.70. The van der Waals surface area contributed by atoms with Gasteiger partial charge in [0.2, 0.25) is 47.5 Å². The van der Waals surface area contributed by atoms with Crippen molar-refractivity contribution in [1.29, 1.82) is 5.26 Å². The van der Waals surface area contributed by atoms with Crippen molar-refractivity contribution >= 4 is 64.6 Å². The van der Waals surface area contributed by atoms with Gasteiger partial charge < -0.3 is 122 Å². The highest BCUT2D eigenvalue weighted by atomic mass is 35.5. The molecular formula is C66H73Cl2N9O23. The van der Waals surface area contributed by atoms with Gasteiger partial charge in [0.1, 0.15) is 89.5 Å². The molecule has 32 nitrogen and oxygen atoms in total. The monoisotopic (exact) mass is 1430 g/mol. The highest BCUT2D eigenvalue weighted by molar-refractivity contribution is 6.32. The third kappa shape index (κ3) is 15.3. The largest absolute Gasteiger partial charge is 0.508 e. The normalized spacial score (nSPS) is 29.6. The minimum Gasteiger partial charge on any atom is -0.508 e. The molecular weight excluding hydrogens is 1360 g/mol. The first-order chi connectivity index (χ1) is 47.3. The van der Waals surface area contributed by atoms with Crippen molar-refractivity contribution in [1.82, 2.24) is 37.2 Å². The van der Waals surface area contributed by atoms with E-state index in [9.17, 15) is 75.5 Å². The Balaban J connectivity index is 1.23. The van der Waals surface area contributed by atoms with Gasteiger partial charge in [-0.2, -0.15) is 5.26 Å². The summed E-state index contributed by atoms with van der Waals surface area (Å²) in [5.74, 6) is -14.4. The minimum atomic E-state index is -2.29. The number of nitrogens with two attached hydrogens (primary N) is 1.